The highest BCUT2D eigenvalue weighted by Gasteiger charge is 1.94. The van der Waals surface area contributed by atoms with E-state index in [4.69, 9.17) is 0 Å². The Bertz CT molecular complexity index is 205. The predicted molar refractivity (Wildman–Crippen MR) is 110 cm³/mol. The van der Waals surface area contributed by atoms with E-state index in [0.717, 1.165) is 5.92 Å². The molecule has 0 bridgehead atoms. The third-order valence-electron chi connectivity index (χ3n) is 1.35. The zero-order valence-electron chi connectivity index (χ0n) is 18.0. The van der Waals surface area contributed by atoms with Crippen LogP contribution in [-0.4, -0.2) is 13.4 Å². The molecule has 0 fully saturated rings. The SMILES string of the molecule is CC.CC.CC.CC.CC(C)C.CC(C)c1cccnc1.[B]. The summed E-state index contributed by atoms with van der Waals surface area (Å²) in [5.41, 5.74) is 1.30. The van der Waals surface area contributed by atoms with Crippen LogP contribution in [0.25, 0.3) is 0 Å². The smallest absolute Gasteiger partial charge is 0.0302 e. The zero-order chi connectivity index (χ0) is 18.3. The number of nitrogens with zero attached hydrogens (tertiary/aromatic N) is 1. The van der Waals surface area contributed by atoms with E-state index in [2.05, 4.69) is 45.7 Å². The van der Waals surface area contributed by atoms with E-state index in [-0.39, 0.29) is 8.41 Å². The number of aromatic nitrogens is 1. The molecule has 0 aliphatic heterocycles. The third kappa shape index (κ3) is 50.7. The van der Waals surface area contributed by atoms with Crippen molar-refractivity contribution in [1.82, 2.24) is 4.98 Å². The predicted octanol–water partition coefficient (Wildman–Crippen LogP) is 7.59. The van der Waals surface area contributed by atoms with Crippen molar-refractivity contribution in [1.29, 1.82) is 0 Å². The highest BCUT2D eigenvalue weighted by Crippen LogP contribution is 2.10. The fourth-order valence-electron chi connectivity index (χ4n) is 0.717. The first kappa shape index (κ1) is 37.4. The van der Waals surface area contributed by atoms with E-state index < -0.39 is 0 Å². The second-order valence-electron chi connectivity index (χ2n) is 4.17. The summed E-state index contributed by atoms with van der Waals surface area (Å²) in [4.78, 5) is 4.01. The summed E-state index contributed by atoms with van der Waals surface area (Å²) in [5, 5.41) is 0. The van der Waals surface area contributed by atoms with Gasteiger partial charge in [-0.05, 0) is 23.5 Å². The molecule has 1 aromatic rings. The first-order chi connectivity index (χ1) is 10.0. The Morgan fingerprint density at radius 2 is 1.05 bits per heavy atom. The van der Waals surface area contributed by atoms with Crippen LogP contribution in [0, 0.1) is 5.92 Å². The average Bonchev–Trinajstić information content (AvgIpc) is 2.55. The molecular weight excluding hydrogens is 265 g/mol. The van der Waals surface area contributed by atoms with Gasteiger partial charge in [0.05, 0.1) is 0 Å². The maximum Gasteiger partial charge on any atom is 0.0302 e. The summed E-state index contributed by atoms with van der Waals surface area (Å²) in [6.45, 7) is 26.8. The lowest BCUT2D eigenvalue weighted by Crippen LogP contribution is -1.85. The number of rotatable bonds is 1. The van der Waals surface area contributed by atoms with Crippen LogP contribution in [0.5, 0.6) is 0 Å². The lowest BCUT2D eigenvalue weighted by molar-refractivity contribution is 0.737. The molecule has 0 saturated carbocycles. The van der Waals surface area contributed by atoms with Gasteiger partial charge in [-0.1, -0.05) is 96.1 Å². The molecular formula is C20H45BN. The highest BCUT2D eigenvalue weighted by atomic mass is 14.6. The molecule has 0 atom stereocenters. The Balaban J connectivity index is -0.0000000424. The van der Waals surface area contributed by atoms with E-state index in [1.54, 1.807) is 6.20 Å². The van der Waals surface area contributed by atoms with Gasteiger partial charge in [0.2, 0.25) is 0 Å². The van der Waals surface area contributed by atoms with Crippen molar-refractivity contribution in [3.63, 3.8) is 0 Å². The van der Waals surface area contributed by atoms with E-state index >= 15 is 0 Å². The first-order valence-corrected chi connectivity index (χ1v) is 8.94. The van der Waals surface area contributed by atoms with Crippen LogP contribution >= 0.6 is 0 Å². The van der Waals surface area contributed by atoms with Crippen LogP contribution in [0.2, 0.25) is 0 Å². The minimum absolute atomic E-state index is 0. The maximum absolute atomic E-state index is 4.01. The van der Waals surface area contributed by atoms with Crippen LogP contribution in [0.15, 0.2) is 24.5 Å². The van der Waals surface area contributed by atoms with Crippen molar-refractivity contribution in [3.05, 3.63) is 30.1 Å². The number of pyridine rings is 1. The van der Waals surface area contributed by atoms with Crippen LogP contribution in [-0.2, 0) is 0 Å². The van der Waals surface area contributed by atoms with Gasteiger partial charge >= 0.3 is 0 Å². The molecule has 1 aromatic heterocycles. The Labute approximate surface area is 145 Å². The van der Waals surface area contributed by atoms with E-state index in [9.17, 15) is 0 Å². The Kier molecular flexibility index (Phi) is 72.8. The van der Waals surface area contributed by atoms with Crippen molar-refractivity contribution >= 4 is 8.41 Å². The molecule has 0 saturated heterocycles. The molecule has 0 unspecified atom stereocenters. The monoisotopic (exact) mass is 310 g/mol. The lowest BCUT2D eigenvalue weighted by Gasteiger charge is -2.00. The quantitative estimate of drug-likeness (QED) is 0.487. The average molecular weight is 310 g/mol. The fourth-order valence-corrected chi connectivity index (χ4v) is 0.717. The van der Waals surface area contributed by atoms with Gasteiger partial charge in [-0.2, -0.15) is 0 Å². The van der Waals surface area contributed by atoms with Crippen molar-refractivity contribution in [2.75, 3.05) is 0 Å². The normalized spacial score (nSPS) is 6.86. The fraction of sp³-hybridized carbons (Fsp3) is 0.750. The van der Waals surface area contributed by atoms with Gasteiger partial charge in [-0.25, -0.2) is 0 Å². The molecule has 3 radical (unpaired) electrons. The third-order valence-corrected chi connectivity index (χ3v) is 1.35. The minimum Gasteiger partial charge on any atom is -0.264 e. The minimum atomic E-state index is 0. The summed E-state index contributed by atoms with van der Waals surface area (Å²) >= 11 is 0. The topological polar surface area (TPSA) is 12.9 Å². The summed E-state index contributed by atoms with van der Waals surface area (Å²) in [6.07, 6.45) is 3.70. The van der Waals surface area contributed by atoms with Gasteiger partial charge < -0.3 is 0 Å². The summed E-state index contributed by atoms with van der Waals surface area (Å²) in [7, 11) is 0. The molecule has 133 valence electrons. The van der Waals surface area contributed by atoms with Gasteiger partial charge in [0.25, 0.3) is 0 Å². The first-order valence-electron chi connectivity index (χ1n) is 8.94. The largest absolute Gasteiger partial charge is 0.264 e. The second kappa shape index (κ2) is 42.7. The molecule has 1 heterocycles. The molecule has 0 N–H and O–H groups in total. The molecule has 0 aliphatic rings. The van der Waals surface area contributed by atoms with Gasteiger partial charge in [-0.15, -0.1) is 0 Å². The van der Waals surface area contributed by atoms with E-state index in [0.29, 0.717) is 5.92 Å². The molecule has 0 amide bonds. The molecule has 22 heavy (non-hydrogen) atoms. The zero-order valence-corrected chi connectivity index (χ0v) is 18.0. The Morgan fingerprint density at radius 1 is 0.727 bits per heavy atom. The van der Waals surface area contributed by atoms with Crippen LogP contribution in [0.4, 0.5) is 0 Å². The van der Waals surface area contributed by atoms with Crippen LogP contribution in [0.1, 0.15) is 101 Å². The molecule has 0 aromatic carbocycles. The molecule has 1 rings (SSSR count). The lowest BCUT2D eigenvalue weighted by atomic mass is 10.1. The molecule has 1 nitrogen and oxygen atoms in total. The molecule has 0 aliphatic carbocycles. The standard InChI is InChI=1S/C8H11N.C4H10.4C2H6.B/c1-7(2)8-4-3-5-9-6-8;1-4(2)3;4*1-2;/h3-7H,1-2H3;4H,1-3H3;4*1-2H3;. The Hall–Kier alpha value is -0.785. The number of hydrogen-bond acceptors (Lipinski definition) is 1. The van der Waals surface area contributed by atoms with Gasteiger partial charge in [0.15, 0.2) is 0 Å². The van der Waals surface area contributed by atoms with Crippen LogP contribution < -0.4 is 0 Å². The van der Waals surface area contributed by atoms with E-state index in [1.807, 2.05) is 67.7 Å². The van der Waals surface area contributed by atoms with Crippen molar-refractivity contribution < 1.29 is 0 Å². The van der Waals surface area contributed by atoms with Gasteiger partial charge in [-0.3, -0.25) is 4.98 Å². The van der Waals surface area contributed by atoms with Crippen molar-refractivity contribution in [2.45, 2.75) is 95.9 Å². The Morgan fingerprint density at radius 3 is 1.18 bits per heavy atom. The van der Waals surface area contributed by atoms with Crippen molar-refractivity contribution in [3.8, 4) is 0 Å². The summed E-state index contributed by atoms with van der Waals surface area (Å²) in [6, 6.07) is 4.06. The van der Waals surface area contributed by atoms with Crippen molar-refractivity contribution in [2.24, 2.45) is 5.92 Å². The molecule has 2 heteroatoms. The van der Waals surface area contributed by atoms with Gasteiger partial charge in [0.1, 0.15) is 0 Å². The highest BCUT2D eigenvalue weighted by molar-refractivity contribution is 5.75. The van der Waals surface area contributed by atoms with E-state index in [1.165, 1.54) is 5.56 Å². The number of hydrogen-bond donors (Lipinski definition) is 0. The maximum atomic E-state index is 4.01. The second-order valence-corrected chi connectivity index (χ2v) is 4.17. The van der Waals surface area contributed by atoms with Gasteiger partial charge in [0, 0.05) is 20.8 Å². The van der Waals surface area contributed by atoms with Crippen LogP contribution in [0.3, 0.4) is 0 Å². The summed E-state index contributed by atoms with van der Waals surface area (Å²) < 4.78 is 0. The summed E-state index contributed by atoms with van der Waals surface area (Å²) in [5.74, 6) is 1.43. The molecule has 0 spiro atoms.